The third-order valence-corrected chi connectivity index (χ3v) is 4.34. The highest BCUT2D eigenvalue weighted by Gasteiger charge is 2.13. The summed E-state index contributed by atoms with van der Waals surface area (Å²) in [5.74, 6) is 2.60. The molecule has 0 aliphatic carbocycles. The largest absolute Gasteiger partial charge is 0.308 e. The standard InChI is InChI=1S/C12H21N3S/c1-3-10-7-12(15(2)14-10)8-13-11-5-4-6-16-9-11/h7,11,13H,3-6,8-9H2,1-2H3. The summed E-state index contributed by atoms with van der Waals surface area (Å²) in [5.41, 5.74) is 2.49. The molecule has 0 saturated carbocycles. The molecule has 16 heavy (non-hydrogen) atoms. The van der Waals surface area contributed by atoms with Crippen molar-refractivity contribution in [2.24, 2.45) is 7.05 Å². The van der Waals surface area contributed by atoms with Crippen LogP contribution in [0.1, 0.15) is 31.2 Å². The minimum Gasteiger partial charge on any atom is -0.308 e. The van der Waals surface area contributed by atoms with Crippen molar-refractivity contribution in [3.8, 4) is 0 Å². The summed E-state index contributed by atoms with van der Waals surface area (Å²) in [5, 5.41) is 8.10. The SMILES string of the molecule is CCc1cc(CNC2CCCSC2)n(C)n1. The molecule has 0 amide bonds. The van der Waals surface area contributed by atoms with Gasteiger partial charge in [0.2, 0.25) is 0 Å². The third-order valence-electron chi connectivity index (χ3n) is 3.12. The van der Waals surface area contributed by atoms with Gasteiger partial charge in [0.25, 0.3) is 0 Å². The summed E-state index contributed by atoms with van der Waals surface area (Å²) >= 11 is 2.07. The maximum absolute atomic E-state index is 4.46. The minimum absolute atomic E-state index is 0.693. The van der Waals surface area contributed by atoms with Crippen molar-refractivity contribution in [1.29, 1.82) is 0 Å². The number of hydrogen-bond donors (Lipinski definition) is 1. The highest BCUT2D eigenvalue weighted by atomic mass is 32.2. The average Bonchev–Trinajstić information content (AvgIpc) is 2.69. The molecule has 2 heterocycles. The molecule has 90 valence electrons. The lowest BCUT2D eigenvalue weighted by atomic mass is 10.2. The Morgan fingerprint density at radius 1 is 1.62 bits per heavy atom. The summed E-state index contributed by atoms with van der Waals surface area (Å²) in [6.07, 6.45) is 3.70. The first kappa shape index (κ1) is 12.0. The van der Waals surface area contributed by atoms with Crippen LogP contribution in [0.5, 0.6) is 0 Å². The maximum Gasteiger partial charge on any atom is 0.0625 e. The van der Waals surface area contributed by atoms with Crippen LogP contribution in [0, 0.1) is 0 Å². The number of thioether (sulfide) groups is 1. The van der Waals surface area contributed by atoms with Gasteiger partial charge in [0, 0.05) is 25.4 Å². The highest BCUT2D eigenvalue weighted by molar-refractivity contribution is 7.99. The van der Waals surface area contributed by atoms with E-state index in [4.69, 9.17) is 0 Å². The Hall–Kier alpha value is -0.480. The first-order chi connectivity index (χ1) is 7.79. The Bertz CT molecular complexity index is 329. The van der Waals surface area contributed by atoms with E-state index in [1.807, 2.05) is 11.7 Å². The fraction of sp³-hybridized carbons (Fsp3) is 0.750. The van der Waals surface area contributed by atoms with Crippen LogP contribution in [0.4, 0.5) is 0 Å². The Morgan fingerprint density at radius 2 is 2.50 bits per heavy atom. The zero-order valence-electron chi connectivity index (χ0n) is 10.2. The number of hydrogen-bond acceptors (Lipinski definition) is 3. The van der Waals surface area contributed by atoms with Crippen molar-refractivity contribution in [3.05, 3.63) is 17.5 Å². The molecule has 2 rings (SSSR count). The zero-order valence-corrected chi connectivity index (χ0v) is 11.0. The number of rotatable bonds is 4. The molecule has 1 fully saturated rings. The third kappa shape index (κ3) is 3.01. The quantitative estimate of drug-likeness (QED) is 0.871. The van der Waals surface area contributed by atoms with Crippen LogP contribution in [0.25, 0.3) is 0 Å². The predicted octanol–water partition coefficient (Wildman–Crippen LogP) is 1.97. The molecular weight excluding hydrogens is 218 g/mol. The average molecular weight is 239 g/mol. The molecule has 1 saturated heterocycles. The van der Waals surface area contributed by atoms with Gasteiger partial charge in [0.1, 0.15) is 0 Å². The van der Waals surface area contributed by atoms with Gasteiger partial charge in [0.05, 0.1) is 11.4 Å². The van der Waals surface area contributed by atoms with E-state index in [0.717, 1.165) is 13.0 Å². The van der Waals surface area contributed by atoms with Crippen LogP contribution < -0.4 is 5.32 Å². The molecule has 1 N–H and O–H groups in total. The van der Waals surface area contributed by atoms with E-state index in [0.29, 0.717) is 6.04 Å². The van der Waals surface area contributed by atoms with Crippen LogP contribution in [0.2, 0.25) is 0 Å². The van der Waals surface area contributed by atoms with E-state index in [9.17, 15) is 0 Å². The molecule has 1 atom stereocenters. The van der Waals surface area contributed by atoms with Gasteiger partial charge in [-0.15, -0.1) is 0 Å². The molecule has 0 radical (unpaired) electrons. The first-order valence-electron chi connectivity index (χ1n) is 6.12. The summed E-state index contributed by atoms with van der Waals surface area (Å²) in [6.45, 7) is 3.10. The lowest BCUT2D eigenvalue weighted by molar-refractivity contribution is 0.494. The van der Waals surface area contributed by atoms with Gasteiger partial charge in [0.15, 0.2) is 0 Å². The monoisotopic (exact) mass is 239 g/mol. The lowest BCUT2D eigenvalue weighted by Crippen LogP contribution is -2.33. The van der Waals surface area contributed by atoms with E-state index < -0.39 is 0 Å². The molecule has 0 aromatic carbocycles. The Kier molecular flexibility index (Phi) is 4.29. The Balaban J connectivity index is 1.85. The molecule has 3 nitrogen and oxygen atoms in total. The van der Waals surface area contributed by atoms with Crippen LogP contribution in [0.3, 0.4) is 0 Å². The maximum atomic E-state index is 4.46. The van der Waals surface area contributed by atoms with Crippen molar-refractivity contribution in [2.45, 2.75) is 38.8 Å². The van der Waals surface area contributed by atoms with Crippen molar-refractivity contribution in [3.63, 3.8) is 0 Å². The van der Waals surface area contributed by atoms with E-state index in [1.165, 1.54) is 35.7 Å². The molecule has 1 aliphatic heterocycles. The summed E-state index contributed by atoms with van der Waals surface area (Å²) < 4.78 is 2.00. The zero-order chi connectivity index (χ0) is 11.4. The van der Waals surface area contributed by atoms with Crippen molar-refractivity contribution in [1.82, 2.24) is 15.1 Å². The molecule has 1 aromatic heterocycles. The minimum atomic E-state index is 0.693. The normalized spacial score (nSPS) is 21.2. The molecule has 1 aliphatic rings. The summed E-state index contributed by atoms with van der Waals surface area (Å²) in [7, 11) is 2.03. The molecule has 4 heteroatoms. The second kappa shape index (κ2) is 5.73. The molecule has 1 unspecified atom stereocenters. The molecular formula is C12H21N3S. The van der Waals surface area contributed by atoms with E-state index in [-0.39, 0.29) is 0 Å². The Labute approximate surface area is 102 Å². The van der Waals surface area contributed by atoms with Gasteiger partial charge >= 0.3 is 0 Å². The van der Waals surface area contributed by atoms with Crippen molar-refractivity contribution < 1.29 is 0 Å². The van der Waals surface area contributed by atoms with Gasteiger partial charge in [-0.25, -0.2) is 0 Å². The van der Waals surface area contributed by atoms with Gasteiger partial charge in [-0.05, 0) is 31.1 Å². The summed E-state index contributed by atoms with van der Waals surface area (Å²) in [4.78, 5) is 0. The molecule has 1 aromatic rings. The van der Waals surface area contributed by atoms with E-state index in [1.54, 1.807) is 0 Å². The predicted molar refractivity (Wildman–Crippen MR) is 69.8 cm³/mol. The smallest absolute Gasteiger partial charge is 0.0625 e. The number of aryl methyl sites for hydroxylation is 2. The fourth-order valence-electron chi connectivity index (χ4n) is 2.06. The van der Waals surface area contributed by atoms with Crippen LogP contribution in [-0.4, -0.2) is 27.3 Å². The summed E-state index contributed by atoms with van der Waals surface area (Å²) in [6, 6.07) is 2.90. The van der Waals surface area contributed by atoms with Crippen molar-refractivity contribution >= 4 is 11.8 Å². The molecule has 0 bridgehead atoms. The van der Waals surface area contributed by atoms with Crippen LogP contribution >= 0.6 is 11.8 Å². The first-order valence-corrected chi connectivity index (χ1v) is 7.28. The topological polar surface area (TPSA) is 29.9 Å². The van der Waals surface area contributed by atoms with E-state index in [2.05, 4.69) is 35.2 Å². The van der Waals surface area contributed by atoms with Gasteiger partial charge in [-0.1, -0.05) is 6.92 Å². The highest BCUT2D eigenvalue weighted by Crippen LogP contribution is 2.17. The van der Waals surface area contributed by atoms with Gasteiger partial charge in [-0.2, -0.15) is 16.9 Å². The van der Waals surface area contributed by atoms with Crippen molar-refractivity contribution in [2.75, 3.05) is 11.5 Å². The van der Waals surface area contributed by atoms with Crippen LogP contribution in [-0.2, 0) is 20.0 Å². The molecule has 0 spiro atoms. The second-order valence-corrected chi connectivity index (χ2v) is 5.55. The second-order valence-electron chi connectivity index (χ2n) is 4.40. The van der Waals surface area contributed by atoms with E-state index >= 15 is 0 Å². The lowest BCUT2D eigenvalue weighted by Gasteiger charge is -2.22. The number of aromatic nitrogens is 2. The Morgan fingerprint density at radius 3 is 3.12 bits per heavy atom. The van der Waals surface area contributed by atoms with Crippen LogP contribution in [0.15, 0.2) is 6.07 Å². The van der Waals surface area contributed by atoms with Gasteiger partial charge in [-0.3, -0.25) is 4.68 Å². The number of nitrogens with one attached hydrogen (secondary N) is 1. The van der Waals surface area contributed by atoms with Gasteiger partial charge < -0.3 is 5.32 Å². The number of nitrogens with zero attached hydrogens (tertiary/aromatic N) is 2. The fourth-order valence-corrected chi connectivity index (χ4v) is 3.17.